The van der Waals surface area contributed by atoms with E-state index in [2.05, 4.69) is 15.3 Å². The summed E-state index contributed by atoms with van der Waals surface area (Å²) in [6.07, 6.45) is -4.65. The highest BCUT2D eigenvalue weighted by molar-refractivity contribution is 7.19. The Morgan fingerprint density at radius 1 is 1.25 bits per heavy atom. The maximum absolute atomic E-state index is 12.7. The van der Waals surface area contributed by atoms with Crippen molar-refractivity contribution in [3.8, 4) is 16.3 Å². The second-order valence-corrected chi connectivity index (χ2v) is 5.18. The molecule has 2 aromatic heterocycles. The second kappa shape index (κ2) is 4.32. The van der Waals surface area contributed by atoms with Crippen LogP contribution in [0.4, 0.5) is 13.2 Å². The molecule has 0 fully saturated rings. The second-order valence-electron chi connectivity index (χ2n) is 3.78. The van der Waals surface area contributed by atoms with Crippen molar-refractivity contribution in [1.82, 2.24) is 19.8 Å². The van der Waals surface area contributed by atoms with Crippen LogP contribution in [0.1, 0.15) is 5.82 Å². The molecule has 3 rings (SSSR count). The number of phenols is 1. The lowest BCUT2D eigenvalue weighted by molar-refractivity contribution is -0.146. The first-order chi connectivity index (χ1) is 9.36. The SMILES string of the molecule is Oc1ccc(Cl)cc1-c1nn2c(C(F)(F)F)nnc2s1. The molecule has 1 N–H and O–H groups in total. The van der Waals surface area contributed by atoms with Crippen molar-refractivity contribution in [2.24, 2.45) is 0 Å². The number of phenolic OH excluding ortho intramolecular Hbond substituents is 1. The van der Waals surface area contributed by atoms with Gasteiger partial charge in [-0.2, -0.15) is 22.8 Å². The Hall–Kier alpha value is -1.87. The van der Waals surface area contributed by atoms with E-state index in [1.54, 1.807) is 0 Å². The van der Waals surface area contributed by atoms with Crippen molar-refractivity contribution in [3.05, 3.63) is 29.0 Å². The molecule has 10 heteroatoms. The maximum Gasteiger partial charge on any atom is 0.453 e. The molecule has 104 valence electrons. The van der Waals surface area contributed by atoms with Crippen LogP contribution in [-0.4, -0.2) is 24.9 Å². The fraction of sp³-hybridized carbons (Fsp3) is 0.100. The van der Waals surface area contributed by atoms with E-state index in [-0.39, 0.29) is 21.3 Å². The summed E-state index contributed by atoms with van der Waals surface area (Å²) in [6.45, 7) is 0. The molecule has 20 heavy (non-hydrogen) atoms. The average Bonchev–Trinajstić information content (AvgIpc) is 2.89. The quantitative estimate of drug-likeness (QED) is 0.747. The topological polar surface area (TPSA) is 63.3 Å². The zero-order chi connectivity index (χ0) is 14.5. The number of benzene rings is 1. The largest absolute Gasteiger partial charge is 0.507 e. The fourth-order valence-corrected chi connectivity index (χ4v) is 2.62. The highest BCUT2D eigenvalue weighted by atomic mass is 35.5. The summed E-state index contributed by atoms with van der Waals surface area (Å²) in [6, 6.07) is 4.21. The molecule has 0 unspecified atom stereocenters. The van der Waals surface area contributed by atoms with Gasteiger partial charge in [-0.3, -0.25) is 0 Å². The molecule has 0 amide bonds. The van der Waals surface area contributed by atoms with Crippen LogP contribution >= 0.6 is 22.9 Å². The zero-order valence-corrected chi connectivity index (χ0v) is 11.0. The van der Waals surface area contributed by atoms with Crippen LogP contribution < -0.4 is 0 Å². The molecule has 0 aliphatic rings. The van der Waals surface area contributed by atoms with Crippen LogP contribution in [0.2, 0.25) is 5.02 Å². The monoisotopic (exact) mass is 320 g/mol. The molecule has 0 bridgehead atoms. The molecular weight excluding hydrogens is 317 g/mol. The standard InChI is InChI=1S/C10H4ClF3N4OS/c11-4-1-2-6(19)5(3-4)7-17-18-8(10(12,13)14)15-16-9(18)20-7/h1-3,19H. The Kier molecular flexibility index (Phi) is 2.83. The lowest BCUT2D eigenvalue weighted by Gasteiger charge is -2.01. The molecule has 0 aliphatic heterocycles. The van der Waals surface area contributed by atoms with Gasteiger partial charge in [-0.05, 0) is 18.2 Å². The van der Waals surface area contributed by atoms with E-state index in [4.69, 9.17) is 11.6 Å². The summed E-state index contributed by atoms with van der Waals surface area (Å²) in [5.74, 6) is -1.34. The van der Waals surface area contributed by atoms with Crippen LogP contribution in [0.25, 0.3) is 15.5 Å². The fourth-order valence-electron chi connectivity index (χ4n) is 1.58. The Morgan fingerprint density at radius 3 is 2.70 bits per heavy atom. The van der Waals surface area contributed by atoms with Crippen molar-refractivity contribution >= 4 is 27.9 Å². The van der Waals surface area contributed by atoms with Crippen LogP contribution in [-0.2, 0) is 6.18 Å². The van der Waals surface area contributed by atoms with Crippen LogP contribution in [0, 0.1) is 0 Å². The number of hydrogen-bond donors (Lipinski definition) is 1. The van der Waals surface area contributed by atoms with Gasteiger partial charge in [0.05, 0.1) is 5.56 Å². The van der Waals surface area contributed by atoms with Gasteiger partial charge in [0.25, 0.3) is 5.82 Å². The highest BCUT2D eigenvalue weighted by Gasteiger charge is 2.38. The van der Waals surface area contributed by atoms with Crippen LogP contribution in [0.3, 0.4) is 0 Å². The van der Waals surface area contributed by atoms with Gasteiger partial charge in [0.1, 0.15) is 5.75 Å². The third kappa shape index (κ3) is 2.08. The Balaban J connectivity index is 2.19. The Labute approximate surface area is 118 Å². The normalized spacial score (nSPS) is 12.2. The summed E-state index contributed by atoms with van der Waals surface area (Å²) in [5.41, 5.74) is 0.237. The van der Waals surface area contributed by atoms with Crippen LogP contribution in [0.15, 0.2) is 18.2 Å². The van der Waals surface area contributed by atoms with E-state index in [9.17, 15) is 18.3 Å². The molecular formula is C10H4ClF3N4OS. The van der Waals surface area contributed by atoms with Crippen molar-refractivity contribution in [2.45, 2.75) is 6.18 Å². The van der Waals surface area contributed by atoms with Crippen molar-refractivity contribution in [3.63, 3.8) is 0 Å². The number of alkyl halides is 3. The first kappa shape index (κ1) is 13.1. The summed E-state index contributed by atoms with van der Waals surface area (Å²) in [4.78, 5) is -0.0216. The number of nitrogens with zero attached hydrogens (tertiary/aromatic N) is 4. The first-order valence-electron chi connectivity index (χ1n) is 5.14. The summed E-state index contributed by atoms with van der Waals surface area (Å²) in [7, 11) is 0. The summed E-state index contributed by atoms with van der Waals surface area (Å²) >= 11 is 6.66. The van der Waals surface area contributed by atoms with Gasteiger partial charge in [0.15, 0.2) is 5.01 Å². The summed E-state index contributed by atoms with van der Waals surface area (Å²) in [5, 5.41) is 20.5. The molecule has 0 aliphatic carbocycles. The Morgan fingerprint density at radius 2 is 2.00 bits per heavy atom. The van der Waals surface area contributed by atoms with E-state index in [1.165, 1.54) is 18.2 Å². The summed E-state index contributed by atoms with van der Waals surface area (Å²) < 4.78 is 38.6. The number of fused-ring (bicyclic) bond motifs is 1. The minimum atomic E-state index is -4.65. The van der Waals surface area contributed by atoms with Crippen molar-refractivity contribution in [1.29, 1.82) is 0 Å². The minimum Gasteiger partial charge on any atom is -0.507 e. The molecule has 0 radical (unpaired) electrons. The molecule has 3 aromatic rings. The molecule has 1 aromatic carbocycles. The number of halogens is 4. The zero-order valence-electron chi connectivity index (χ0n) is 9.39. The van der Waals surface area contributed by atoms with E-state index < -0.39 is 12.0 Å². The number of aromatic hydroxyl groups is 1. The molecule has 5 nitrogen and oxygen atoms in total. The number of rotatable bonds is 1. The minimum absolute atomic E-state index is 0.0216. The van der Waals surface area contributed by atoms with Gasteiger partial charge >= 0.3 is 6.18 Å². The van der Waals surface area contributed by atoms with Gasteiger partial charge in [-0.15, -0.1) is 10.2 Å². The third-order valence-corrected chi connectivity index (χ3v) is 3.60. The highest BCUT2D eigenvalue weighted by Crippen LogP contribution is 2.36. The predicted octanol–water partition coefficient (Wildman–Crippen LogP) is 3.23. The van der Waals surface area contributed by atoms with Gasteiger partial charge in [-0.25, -0.2) is 0 Å². The average molecular weight is 321 g/mol. The molecule has 2 heterocycles. The van der Waals surface area contributed by atoms with E-state index in [0.717, 1.165) is 11.3 Å². The molecule has 0 saturated carbocycles. The Bertz CT molecular complexity index is 797. The van der Waals surface area contributed by atoms with Crippen molar-refractivity contribution in [2.75, 3.05) is 0 Å². The number of hydrogen-bond acceptors (Lipinski definition) is 5. The van der Waals surface area contributed by atoms with Gasteiger partial charge in [-0.1, -0.05) is 22.9 Å². The van der Waals surface area contributed by atoms with Gasteiger partial charge in [0, 0.05) is 5.02 Å². The number of aromatic nitrogens is 4. The maximum atomic E-state index is 12.7. The molecule has 0 atom stereocenters. The van der Waals surface area contributed by atoms with E-state index in [1.807, 2.05) is 0 Å². The first-order valence-corrected chi connectivity index (χ1v) is 6.34. The van der Waals surface area contributed by atoms with E-state index >= 15 is 0 Å². The predicted molar refractivity (Wildman–Crippen MR) is 65.8 cm³/mol. The van der Waals surface area contributed by atoms with Crippen LogP contribution in [0.5, 0.6) is 5.75 Å². The third-order valence-electron chi connectivity index (χ3n) is 2.43. The molecule has 0 saturated heterocycles. The van der Waals surface area contributed by atoms with Crippen molar-refractivity contribution < 1.29 is 18.3 Å². The van der Waals surface area contributed by atoms with Gasteiger partial charge < -0.3 is 5.11 Å². The lowest BCUT2D eigenvalue weighted by atomic mass is 10.2. The van der Waals surface area contributed by atoms with Gasteiger partial charge in [0.2, 0.25) is 4.96 Å². The van der Waals surface area contributed by atoms with E-state index in [0.29, 0.717) is 9.54 Å². The lowest BCUT2D eigenvalue weighted by Crippen LogP contribution is -2.11. The molecule has 0 spiro atoms. The smallest absolute Gasteiger partial charge is 0.453 e.